The van der Waals surface area contributed by atoms with E-state index in [1.807, 2.05) is 17.5 Å². The molecule has 0 saturated carbocycles. The van der Waals surface area contributed by atoms with Crippen LogP contribution in [0.3, 0.4) is 0 Å². The van der Waals surface area contributed by atoms with E-state index in [1.54, 1.807) is 18.4 Å². The van der Waals surface area contributed by atoms with Gasteiger partial charge < -0.3 is 9.75 Å². The molecule has 0 fully saturated rings. The third kappa shape index (κ3) is 6.41. The number of hydrogen-bond donors (Lipinski definition) is 2. The lowest BCUT2D eigenvalue weighted by Crippen LogP contribution is -2.25. The minimum atomic E-state index is -0.448. The number of carbonyl (C=O) groups excluding carboxylic acids is 1. The lowest BCUT2D eigenvalue weighted by atomic mass is 10.2. The van der Waals surface area contributed by atoms with Gasteiger partial charge in [0.1, 0.15) is 12.4 Å². The number of hydrazine groups is 2. The van der Waals surface area contributed by atoms with Crippen molar-refractivity contribution in [3.8, 4) is 5.75 Å². The van der Waals surface area contributed by atoms with Crippen molar-refractivity contribution in [2.75, 3.05) is 19.1 Å². The van der Waals surface area contributed by atoms with Crippen LogP contribution in [0.2, 0.25) is 5.02 Å². The first-order valence-electron chi connectivity index (χ1n) is 6.40. The summed E-state index contributed by atoms with van der Waals surface area (Å²) < 4.78 is 18.9. The van der Waals surface area contributed by atoms with Gasteiger partial charge in [0.05, 0.1) is 10.7 Å². The second-order valence-electron chi connectivity index (χ2n) is 4.49. The van der Waals surface area contributed by atoms with Crippen LogP contribution in [0, 0.1) is 5.82 Å². The molecule has 1 aromatic carbocycles. The van der Waals surface area contributed by atoms with Crippen LogP contribution in [0.5, 0.6) is 5.75 Å². The van der Waals surface area contributed by atoms with Crippen molar-refractivity contribution in [3.05, 3.63) is 45.4 Å². The van der Waals surface area contributed by atoms with Crippen molar-refractivity contribution in [2.24, 2.45) is 11.7 Å². The van der Waals surface area contributed by atoms with Crippen LogP contribution in [-0.2, 0) is 11.4 Å². The molecule has 2 aromatic rings. The molecule has 0 unspecified atom stereocenters. The topological polar surface area (TPSA) is 84.8 Å². The second-order valence-corrected chi connectivity index (χ2v) is 5.93. The number of anilines is 1. The normalized spacial score (nSPS) is 9.65. The maximum atomic E-state index is 13.3. The first-order valence-corrected chi connectivity index (χ1v) is 7.66. The van der Waals surface area contributed by atoms with Crippen LogP contribution in [0.15, 0.2) is 29.6 Å². The predicted octanol–water partition coefficient (Wildman–Crippen LogP) is 2.38. The molecule has 0 aliphatic heterocycles. The maximum Gasteiger partial charge on any atom is 0.223 e. The van der Waals surface area contributed by atoms with E-state index in [-0.39, 0.29) is 5.02 Å². The van der Waals surface area contributed by atoms with E-state index < -0.39 is 5.82 Å². The Kier molecular flexibility index (Phi) is 7.76. The number of hydrogen-bond acceptors (Lipinski definition) is 6. The molecule has 0 aliphatic carbocycles. The first kappa shape index (κ1) is 19.2. The van der Waals surface area contributed by atoms with E-state index in [0.717, 1.165) is 9.89 Å². The number of nitrogens with two attached hydrogens (primary N) is 2. The van der Waals surface area contributed by atoms with Gasteiger partial charge in [-0.25, -0.2) is 16.1 Å². The first-order chi connectivity index (χ1) is 10.8. The summed E-state index contributed by atoms with van der Waals surface area (Å²) in [5, 5.41) is 4.39. The molecule has 0 bridgehead atoms. The number of benzene rings is 1. The molecule has 0 saturated heterocycles. The van der Waals surface area contributed by atoms with Gasteiger partial charge in [-0.3, -0.25) is 9.80 Å². The van der Waals surface area contributed by atoms with Crippen molar-refractivity contribution < 1.29 is 13.9 Å². The second kappa shape index (κ2) is 9.31. The summed E-state index contributed by atoms with van der Waals surface area (Å²) >= 11 is 7.55. The highest BCUT2D eigenvalue weighted by molar-refractivity contribution is 7.09. The Bertz CT molecular complexity index is 623. The van der Waals surface area contributed by atoms with Crippen molar-refractivity contribution in [2.45, 2.75) is 6.61 Å². The number of thiophene rings is 1. The molecule has 2 rings (SSSR count). The van der Waals surface area contributed by atoms with Crippen molar-refractivity contribution in [3.63, 3.8) is 0 Å². The van der Waals surface area contributed by atoms with Gasteiger partial charge in [0.15, 0.2) is 5.75 Å². The van der Waals surface area contributed by atoms with E-state index in [1.165, 1.54) is 24.2 Å². The van der Waals surface area contributed by atoms with Gasteiger partial charge in [0.2, 0.25) is 6.41 Å². The number of rotatable bonds is 5. The predicted molar refractivity (Wildman–Crippen MR) is 90.7 cm³/mol. The van der Waals surface area contributed by atoms with Crippen LogP contribution in [-0.4, -0.2) is 25.5 Å². The highest BCUT2D eigenvalue weighted by Gasteiger charge is 2.13. The maximum absolute atomic E-state index is 13.3. The van der Waals surface area contributed by atoms with Crippen LogP contribution < -0.4 is 21.4 Å². The smallest absolute Gasteiger partial charge is 0.223 e. The average Bonchev–Trinajstić information content (AvgIpc) is 2.99. The van der Waals surface area contributed by atoms with E-state index in [9.17, 15) is 9.18 Å². The van der Waals surface area contributed by atoms with Crippen molar-refractivity contribution in [1.29, 1.82) is 0 Å². The number of nitrogens with zero attached hydrogens (tertiary/aromatic N) is 2. The van der Waals surface area contributed by atoms with Gasteiger partial charge >= 0.3 is 0 Å². The Morgan fingerprint density at radius 2 is 2.04 bits per heavy atom. The van der Waals surface area contributed by atoms with Gasteiger partial charge in [-0.15, -0.1) is 11.3 Å². The summed E-state index contributed by atoms with van der Waals surface area (Å²) in [4.78, 5) is 10.4. The minimum absolute atomic E-state index is 0.207. The summed E-state index contributed by atoms with van der Waals surface area (Å²) in [6.07, 6.45) is 0.528. The zero-order valence-corrected chi connectivity index (χ0v) is 14.3. The molecule has 1 aromatic heterocycles. The van der Waals surface area contributed by atoms with Crippen LogP contribution in [0.1, 0.15) is 4.88 Å². The Labute approximate surface area is 142 Å². The fourth-order valence-corrected chi connectivity index (χ4v) is 2.36. The SMILES string of the molecule is CN(N)C=O.CN(N)c1cc(F)cc(Cl)c1OCc1cccs1. The highest BCUT2D eigenvalue weighted by Crippen LogP contribution is 2.36. The van der Waals surface area contributed by atoms with Crippen LogP contribution in [0.25, 0.3) is 0 Å². The number of ether oxygens (including phenoxy) is 1. The molecule has 9 heteroatoms. The third-order valence-electron chi connectivity index (χ3n) is 2.47. The monoisotopic (exact) mass is 360 g/mol. The zero-order valence-electron chi connectivity index (χ0n) is 12.7. The van der Waals surface area contributed by atoms with Crippen LogP contribution >= 0.6 is 22.9 Å². The standard InChI is InChI=1S/C12H12ClFN2OS.C2H6N2O/c1-16(15)11-6-8(14)5-10(13)12(11)17-7-9-3-2-4-18-9;1-4(3)2-5/h2-6H,7,15H2,1H3;2H,3H2,1H3. The largest absolute Gasteiger partial charge is 0.484 e. The molecule has 0 radical (unpaired) electrons. The van der Waals surface area contributed by atoms with E-state index in [0.29, 0.717) is 24.5 Å². The molecule has 6 nitrogen and oxygen atoms in total. The third-order valence-corrected chi connectivity index (χ3v) is 3.60. The summed E-state index contributed by atoms with van der Waals surface area (Å²) in [6, 6.07) is 6.38. The Morgan fingerprint density at radius 3 is 2.52 bits per heavy atom. The van der Waals surface area contributed by atoms with E-state index in [4.69, 9.17) is 28.0 Å². The van der Waals surface area contributed by atoms with Gasteiger partial charge in [-0.2, -0.15) is 0 Å². The lowest BCUT2D eigenvalue weighted by Gasteiger charge is -2.18. The Balaban J connectivity index is 0.000000463. The van der Waals surface area contributed by atoms with Crippen LogP contribution in [0.4, 0.5) is 10.1 Å². The number of halogens is 2. The molecule has 1 amide bonds. The van der Waals surface area contributed by atoms with Gasteiger partial charge in [-0.1, -0.05) is 17.7 Å². The van der Waals surface area contributed by atoms with Crippen molar-refractivity contribution >= 4 is 35.0 Å². The molecule has 0 aliphatic rings. The molecule has 0 atom stereocenters. The summed E-state index contributed by atoms with van der Waals surface area (Å²) in [5.74, 6) is 10.3. The van der Waals surface area contributed by atoms with E-state index in [2.05, 4.69) is 0 Å². The molecular weight excluding hydrogens is 343 g/mol. The number of carbonyl (C=O) groups is 1. The summed E-state index contributed by atoms with van der Waals surface area (Å²) in [6.45, 7) is 0.379. The highest BCUT2D eigenvalue weighted by atomic mass is 35.5. The lowest BCUT2D eigenvalue weighted by molar-refractivity contribution is -0.117. The molecule has 23 heavy (non-hydrogen) atoms. The molecule has 0 spiro atoms. The van der Waals surface area contributed by atoms with Gasteiger partial charge in [0, 0.05) is 25.0 Å². The number of amides is 1. The summed E-state index contributed by atoms with van der Waals surface area (Å²) in [5.41, 5.74) is 0.413. The van der Waals surface area contributed by atoms with Crippen molar-refractivity contribution in [1.82, 2.24) is 5.01 Å². The zero-order chi connectivity index (χ0) is 17.4. The minimum Gasteiger partial charge on any atom is -0.484 e. The summed E-state index contributed by atoms with van der Waals surface area (Å²) in [7, 11) is 3.07. The van der Waals surface area contributed by atoms with Gasteiger partial charge in [-0.05, 0) is 17.5 Å². The average molecular weight is 361 g/mol. The van der Waals surface area contributed by atoms with E-state index >= 15 is 0 Å². The van der Waals surface area contributed by atoms with Gasteiger partial charge in [0.25, 0.3) is 0 Å². The molecular formula is C14H18ClFN4O2S. The fourth-order valence-electron chi connectivity index (χ4n) is 1.49. The molecule has 1 heterocycles. The molecule has 4 N–H and O–H groups in total. The fraction of sp³-hybridized carbons (Fsp3) is 0.214. The Morgan fingerprint density at radius 1 is 1.39 bits per heavy atom. The molecule has 126 valence electrons. The Hall–Kier alpha value is -1.87. The quantitative estimate of drug-likeness (QED) is 0.370.